The summed E-state index contributed by atoms with van der Waals surface area (Å²) in [6, 6.07) is 33.2. The van der Waals surface area contributed by atoms with Crippen LogP contribution in [0.15, 0.2) is 96.8 Å². The number of methoxy groups -OCH3 is 1. The van der Waals surface area contributed by atoms with Crippen LogP contribution in [0.5, 0.6) is 5.75 Å². The minimum atomic E-state index is -0.615. The Hall–Kier alpha value is -3.15. The van der Waals surface area contributed by atoms with Crippen molar-refractivity contribution in [2.24, 2.45) is 0 Å². The molecule has 0 aromatic heterocycles. The number of benzene rings is 4. The Morgan fingerprint density at radius 3 is 2.03 bits per heavy atom. The summed E-state index contributed by atoms with van der Waals surface area (Å²) in [5.74, 6) is 3.46. The first-order chi connectivity index (χ1) is 16.1. The Bertz CT molecular complexity index is 1300. The van der Waals surface area contributed by atoms with Crippen molar-refractivity contribution in [3.63, 3.8) is 0 Å². The van der Waals surface area contributed by atoms with Crippen LogP contribution in [0.2, 0.25) is 0 Å². The number of fused-ring (bicyclic) bond motifs is 1. The Balaban J connectivity index is 1.78. The lowest BCUT2D eigenvalue weighted by Crippen LogP contribution is -2.18. The van der Waals surface area contributed by atoms with E-state index < -0.39 is 7.92 Å². The van der Waals surface area contributed by atoms with E-state index in [1.54, 1.807) is 7.11 Å². The average Bonchev–Trinajstić information content (AvgIpc) is 2.83. The molecule has 2 atom stereocenters. The van der Waals surface area contributed by atoms with E-state index in [0.29, 0.717) is 5.66 Å². The van der Waals surface area contributed by atoms with Crippen molar-refractivity contribution < 1.29 is 4.74 Å². The summed E-state index contributed by atoms with van der Waals surface area (Å²) in [5.41, 5.74) is 11.2. The van der Waals surface area contributed by atoms with Crippen molar-refractivity contribution in [1.82, 2.24) is 0 Å². The van der Waals surface area contributed by atoms with Gasteiger partial charge in [0.2, 0.25) is 0 Å². The van der Waals surface area contributed by atoms with Gasteiger partial charge < -0.3 is 4.74 Å². The molecule has 0 saturated carbocycles. The number of ether oxygens (including phenoxy) is 1. The second-order valence-corrected chi connectivity index (χ2v) is 10.9. The third-order valence-electron chi connectivity index (χ3n) is 6.50. The van der Waals surface area contributed by atoms with Crippen LogP contribution in [0, 0.1) is 20.8 Å². The van der Waals surface area contributed by atoms with Crippen LogP contribution >= 0.6 is 7.92 Å². The summed E-state index contributed by atoms with van der Waals surface area (Å²) in [4.78, 5) is 0. The van der Waals surface area contributed by atoms with Crippen LogP contribution in [-0.2, 0) is 0 Å². The molecular weight excluding hydrogens is 419 g/mol. The molecule has 1 nitrogen and oxygen atoms in total. The maximum Gasteiger partial charge on any atom is 0.118 e. The SMILES string of the molecule is COc1ccc(C2=CP(c3c(C)cc(C)cc3C)C(c3ccccc3)c3ccccc32)cc1. The van der Waals surface area contributed by atoms with Crippen molar-refractivity contribution in [3.05, 3.63) is 136 Å². The second kappa shape index (κ2) is 9.00. The van der Waals surface area contributed by atoms with Gasteiger partial charge in [-0.1, -0.05) is 84.4 Å². The van der Waals surface area contributed by atoms with E-state index >= 15 is 0 Å². The van der Waals surface area contributed by atoms with Gasteiger partial charge in [0.15, 0.2) is 0 Å². The molecule has 0 radical (unpaired) electrons. The minimum absolute atomic E-state index is 0.333. The van der Waals surface area contributed by atoms with Crippen LogP contribution < -0.4 is 10.0 Å². The van der Waals surface area contributed by atoms with Gasteiger partial charge in [-0.05, 0) is 90.9 Å². The van der Waals surface area contributed by atoms with Gasteiger partial charge in [0.25, 0.3) is 0 Å². The highest BCUT2D eigenvalue weighted by atomic mass is 31.1. The summed E-state index contributed by atoms with van der Waals surface area (Å²) in [6.07, 6.45) is 0. The first kappa shape index (κ1) is 21.7. The van der Waals surface area contributed by atoms with Gasteiger partial charge in [-0.15, -0.1) is 0 Å². The molecule has 0 saturated heterocycles. The molecule has 0 fully saturated rings. The van der Waals surface area contributed by atoms with Gasteiger partial charge in [0, 0.05) is 5.66 Å². The van der Waals surface area contributed by atoms with Crippen LogP contribution in [0.25, 0.3) is 5.57 Å². The van der Waals surface area contributed by atoms with Crippen LogP contribution in [0.4, 0.5) is 0 Å². The molecule has 0 aliphatic carbocycles. The summed E-state index contributed by atoms with van der Waals surface area (Å²) >= 11 is 0. The molecule has 33 heavy (non-hydrogen) atoms. The van der Waals surface area contributed by atoms with Gasteiger partial charge in [0.05, 0.1) is 7.11 Å². The molecule has 4 aromatic carbocycles. The van der Waals surface area contributed by atoms with E-state index in [1.165, 1.54) is 49.8 Å². The highest BCUT2D eigenvalue weighted by Gasteiger charge is 2.33. The molecule has 1 aliphatic heterocycles. The Labute approximate surface area is 198 Å². The average molecular weight is 449 g/mol. The maximum atomic E-state index is 5.42. The molecule has 164 valence electrons. The molecule has 0 N–H and O–H groups in total. The number of hydrogen-bond acceptors (Lipinski definition) is 1. The predicted octanol–water partition coefficient (Wildman–Crippen LogP) is 7.92. The minimum Gasteiger partial charge on any atom is -0.497 e. The van der Waals surface area contributed by atoms with Crippen molar-refractivity contribution in [2.75, 3.05) is 7.11 Å². The smallest absolute Gasteiger partial charge is 0.118 e. The van der Waals surface area contributed by atoms with E-state index in [0.717, 1.165) is 5.75 Å². The Morgan fingerprint density at radius 1 is 0.727 bits per heavy atom. The molecule has 0 amide bonds. The molecule has 1 heterocycles. The number of hydrogen-bond donors (Lipinski definition) is 0. The molecule has 0 spiro atoms. The normalized spacial score (nSPS) is 17.3. The zero-order valence-corrected chi connectivity index (χ0v) is 20.6. The molecule has 1 aliphatic rings. The van der Waals surface area contributed by atoms with Gasteiger partial charge in [-0.2, -0.15) is 0 Å². The fourth-order valence-corrected chi connectivity index (χ4v) is 8.23. The fourth-order valence-electron chi connectivity index (χ4n) is 5.16. The van der Waals surface area contributed by atoms with Crippen LogP contribution in [-0.4, -0.2) is 7.11 Å². The van der Waals surface area contributed by atoms with Crippen molar-refractivity contribution in [3.8, 4) is 5.75 Å². The quantitative estimate of drug-likeness (QED) is 0.288. The monoisotopic (exact) mass is 448 g/mol. The van der Waals surface area contributed by atoms with Crippen molar-refractivity contribution in [1.29, 1.82) is 0 Å². The van der Waals surface area contributed by atoms with Crippen LogP contribution in [0.1, 0.15) is 44.6 Å². The van der Waals surface area contributed by atoms with Gasteiger partial charge in [-0.3, -0.25) is 0 Å². The van der Waals surface area contributed by atoms with Crippen molar-refractivity contribution >= 4 is 18.8 Å². The van der Waals surface area contributed by atoms with E-state index in [2.05, 4.69) is 118 Å². The summed E-state index contributed by atoms with van der Waals surface area (Å²) < 4.78 is 5.42. The number of aryl methyl sites for hydroxylation is 3. The highest BCUT2D eigenvalue weighted by molar-refractivity contribution is 7.69. The van der Waals surface area contributed by atoms with Crippen LogP contribution in [0.3, 0.4) is 0 Å². The lowest BCUT2D eigenvalue weighted by molar-refractivity contribution is 0.415. The van der Waals surface area contributed by atoms with Gasteiger partial charge >= 0.3 is 0 Å². The largest absolute Gasteiger partial charge is 0.497 e. The first-order valence-electron chi connectivity index (χ1n) is 11.4. The molecule has 4 aromatic rings. The molecule has 0 bridgehead atoms. The molecule has 5 rings (SSSR count). The Morgan fingerprint density at radius 2 is 1.36 bits per heavy atom. The summed E-state index contributed by atoms with van der Waals surface area (Å²) in [5, 5.41) is 1.50. The second-order valence-electron chi connectivity index (χ2n) is 8.83. The lowest BCUT2D eigenvalue weighted by Gasteiger charge is -2.35. The van der Waals surface area contributed by atoms with Crippen molar-refractivity contribution in [2.45, 2.75) is 26.4 Å². The Kier molecular flexibility index (Phi) is 5.92. The zero-order valence-electron chi connectivity index (χ0n) is 19.7. The highest BCUT2D eigenvalue weighted by Crippen LogP contribution is 2.62. The molecule has 2 heteroatoms. The number of rotatable bonds is 4. The van der Waals surface area contributed by atoms with E-state index in [1.807, 2.05) is 0 Å². The third-order valence-corrected chi connectivity index (χ3v) is 9.39. The standard InChI is InChI=1S/C31H29OP/c1-21-18-22(2)30(23(3)19-21)33-20-29(24-14-16-26(32-4)17-15-24)27-12-8-9-13-28(27)31(33)25-10-6-5-7-11-25/h5-20,31H,1-4H3. The molecular formula is C31H29OP. The fraction of sp³-hybridized carbons (Fsp3) is 0.161. The van der Waals surface area contributed by atoms with E-state index in [-0.39, 0.29) is 0 Å². The summed E-state index contributed by atoms with van der Waals surface area (Å²) in [7, 11) is 1.10. The topological polar surface area (TPSA) is 9.23 Å². The van der Waals surface area contributed by atoms with Gasteiger partial charge in [-0.25, -0.2) is 0 Å². The lowest BCUT2D eigenvalue weighted by atomic mass is 9.91. The van der Waals surface area contributed by atoms with E-state index in [4.69, 9.17) is 4.74 Å². The first-order valence-corrected chi connectivity index (χ1v) is 12.9. The summed E-state index contributed by atoms with van der Waals surface area (Å²) in [6.45, 7) is 6.75. The zero-order chi connectivity index (χ0) is 22.9. The maximum absolute atomic E-state index is 5.42. The predicted molar refractivity (Wildman–Crippen MR) is 142 cm³/mol. The molecule has 2 unspecified atom stereocenters. The van der Waals surface area contributed by atoms with E-state index in [9.17, 15) is 0 Å². The third kappa shape index (κ3) is 4.03. The van der Waals surface area contributed by atoms with Gasteiger partial charge in [0.1, 0.15) is 5.75 Å².